The summed E-state index contributed by atoms with van der Waals surface area (Å²) in [5, 5.41) is 9.56. The van der Waals surface area contributed by atoms with Crippen molar-refractivity contribution in [2.75, 3.05) is 12.3 Å². The van der Waals surface area contributed by atoms with Crippen molar-refractivity contribution < 1.29 is 27.6 Å². The zero-order valence-electron chi connectivity index (χ0n) is 13.8. The molecule has 3 N–H and O–H groups in total. The number of nitrogens with two attached hydrogens (primary N) is 1. The Morgan fingerprint density at radius 2 is 1.83 bits per heavy atom. The molecule has 24 heavy (non-hydrogen) atoms. The van der Waals surface area contributed by atoms with Gasteiger partial charge < -0.3 is 20.1 Å². The van der Waals surface area contributed by atoms with Gasteiger partial charge in [-0.3, -0.25) is 0 Å². The summed E-state index contributed by atoms with van der Waals surface area (Å²) in [5.41, 5.74) is 2.50. The number of alkyl halides is 3. The summed E-state index contributed by atoms with van der Waals surface area (Å²) in [4.78, 5) is 6.83. The minimum atomic E-state index is -4.71. The predicted molar refractivity (Wildman–Crippen MR) is 82.6 cm³/mol. The Hall–Kier alpha value is -1.65. The minimum absolute atomic E-state index is 0.132. The van der Waals surface area contributed by atoms with Gasteiger partial charge in [-0.05, 0) is 33.2 Å². The lowest BCUT2D eigenvalue weighted by Gasteiger charge is -2.32. The summed E-state index contributed by atoms with van der Waals surface area (Å²) in [7, 11) is -0.973. The molecule has 0 bridgehead atoms. The molecule has 0 atom stereocenters. The quantitative estimate of drug-likeness (QED) is 0.816. The molecule has 0 amide bonds. The van der Waals surface area contributed by atoms with Gasteiger partial charge in [0.25, 0.3) is 0 Å². The maximum Gasteiger partial charge on any atom is 0.492 e. The second-order valence-corrected chi connectivity index (χ2v) is 6.50. The molecular formula is C14H19BF3N3O3. The first kappa shape index (κ1) is 18.7. The minimum Gasteiger partial charge on any atom is -0.400 e. The number of nitrogen functional groups attached to an aromatic ring is 1. The van der Waals surface area contributed by atoms with Crippen molar-refractivity contribution in [2.24, 2.45) is 0 Å². The highest BCUT2D eigenvalue weighted by Gasteiger charge is 2.52. The number of rotatable bonds is 3. The van der Waals surface area contributed by atoms with E-state index in [9.17, 15) is 18.3 Å². The zero-order valence-corrected chi connectivity index (χ0v) is 13.8. The standard InChI is InChI=1S/C14H19BF3N3O3/c1-12(2)13(3,4)24-15(23-12)9(7-22)5-8-6-20-11(19)21-10(8)14(16,17)18/h5-6,22H,7H2,1-4H3,(H2,19,20,21). The summed E-state index contributed by atoms with van der Waals surface area (Å²) < 4.78 is 50.8. The summed E-state index contributed by atoms with van der Waals surface area (Å²) >= 11 is 0. The molecule has 1 fully saturated rings. The first-order chi connectivity index (χ1) is 10.9. The molecule has 2 rings (SSSR count). The van der Waals surface area contributed by atoms with Crippen LogP contribution in [0, 0.1) is 0 Å². The molecule has 132 valence electrons. The van der Waals surface area contributed by atoms with Crippen LogP contribution < -0.4 is 5.73 Å². The molecule has 1 aliphatic rings. The lowest BCUT2D eigenvalue weighted by Crippen LogP contribution is -2.41. The Morgan fingerprint density at radius 1 is 1.29 bits per heavy atom. The van der Waals surface area contributed by atoms with Gasteiger partial charge >= 0.3 is 13.3 Å². The predicted octanol–water partition coefficient (Wildman–Crippen LogP) is 2.08. The van der Waals surface area contributed by atoms with E-state index in [1.165, 1.54) is 0 Å². The molecule has 1 saturated heterocycles. The third kappa shape index (κ3) is 3.55. The molecule has 6 nitrogen and oxygen atoms in total. The van der Waals surface area contributed by atoms with Crippen molar-refractivity contribution in [3.63, 3.8) is 0 Å². The largest absolute Gasteiger partial charge is 0.492 e. The average Bonchev–Trinajstić information content (AvgIpc) is 2.64. The van der Waals surface area contributed by atoms with Gasteiger partial charge in [0.15, 0.2) is 5.69 Å². The van der Waals surface area contributed by atoms with Gasteiger partial charge in [-0.1, -0.05) is 6.08 Å². The highest BCUT2D eigenvalue weighted by atomic mass is 19.4. The molecular weight excluding hydrogens is 326 g/mol. The molecule has 1 aromatic rings. The maximum absolute atomic E-state index is 13.1. The number of hydrogen-bond acceptors (Lipinski definition) is 6. The van der Waals surface area contributed by atoms with E-state index in [-0.39, 0.29) is 11.0 Å². The number of anilines is 1. The lowest BCUT2D eigenvalue weighted by molar-refractivity contribution is -0.141. The third-order valence-corrected chi connectivity index (χ3v) is 4.18. The van der Waals surface area contributed by atoms with Crippen LogP contribution in [0.3, 0.4) is 0 Å². The smallest absolute Gasteiger partial charge is 0.400 e. The van der Waals surface area contributed by atoms with Gasteiger partial charge in [0.05, 0.1) is 17.8 Å². The topological polar surface area (TPSA) is 90.5 Å². The number of aromatic nitrogens is 2. The number of aliphatic hydroxyl groups is 1. The molecule has 0 radical (unpaired) electrons. The van der Waals surface area contributed by atoms with Gasteiger partial charge in [0.2, 0.25) is 5.95 Å². The Balaban J connectivity index is 2.43. The van der Waals surface area contributed by atoms with Crippen molar-refractivity contribution >= 4 is 19.1 Å². The van der Waals surface area contributed by atoms with Gasteiger partial charge in [0, 0.05) is 11.8 Å². The van der Waals surface area contributed by atoms with Crippen molar-refractivity contribution in [3.05, 3.63) is 22.9 Å². The summed E-state index contributed by atoms with van der Waals surface area (Å²) in [6.45, 7) is 6.66. The Labute approximate surface area is 138 Å². The fourth-order valence-corrected chi connectivity index (χ4v) is 2.12. The normalized spacial score (nSPS) is 20.5. The first-order valence-electron chi connectivity index (χ1n) is 7.24. The van der Waals surface area contributed by atoms with E-state index in [0.29, 0.717) is 0 Å². The molecule has 2 heterocycles. The Morgan fingerprint density at radius 3 is 2.29 bits per heavy atom. The second-order valence-electron chi connectivity index (χ2n) is 6.50. The van der Waals surface area contributed by atoms with Crippen molar-refractivity contribution in [2.45, 2.75) is 45.1 Å². The third-order valence-electron chi connectivity index (χ3n) is 4.18. The Kier molecular flexibility index (Phi) is 4.68. The molecule has 0 aliphatic carbocycles. The van der Waals surface area contributed by atoms with E-state index < -0.39 is 42.7 Å². The van der Waals surface area contributed by atoms with E-state index in [1.807, 2.05) is 0 Å². The summed E-state index contributed by atoms with van der Waals surface area (Å²) in [6.07, 6.45) is -2.64. The number of nitrogens with zero attached hydrogens (tertiary/aromatic N) is 2. The van der Waals surface area contributed by atoms with Crippen LogP contribution in [0.4, 0.5) is 19.1 Å². The molecule has 1 aromatic heterocycles. The van der Waals surface area contributed by atoms with E-state index in [4.69, 9.17) is 15.0 Å². The number of halogens is 3. The highest BCUT2D eigenvalue weighted by Crippen LogP contribution is 2.39. The Bertz CT molecular complexity index is 646. The highest BCUT2D eigenvalue weighted by molar-refractivity contribution is 6.55. The van der Waals surface area contributed by atoms with Crippen LogP contribution in [0.5, 0.6) is 0 Å². The SMILES string of the molecule is CC1(C)OB(C(=Cc2cnc(N)nc2C(F)(F)F)CO)OC1(C)C. The fraction of sp³-hybridized carbons (Fsp3) is 0.571. The first-order valence-corrected chi connectivity index (χ1v) is 7.24. The van der Waals surface area contributed by atoms with Crippen LogP contribution in [0.15, 0.2) is 11.7 Å². The molecule has 0 aromatic carbocycles. The number of hydrogen-bond donors (Lipinski definition) is 2. The molecule has 10 heteroatoms. The van der Waals surface area contributed by atoms with Crippen LogP contribution in [-0.2, 0) is 15.5 Å². The summed E-state index contributed by atoms with van der Waals surface area (Å²) in [5.74, 6) is -0.486. The van der Waals surface area contributed by atoms with E-state index in [1.54, 1.807) is 27.7 Å². The van der Waals surface area contributed by atoms with Crippen LogP contribution >= 0.6 is 0 Å². The fourth-order valence-electron chi connectivity index (χ4n) is 2.12. The van der Waals surface area contributed by atoms with Crippen molar-refractivity contribution in [3.8, 4) is 0 Å². The number of aliphatic hydroxyl groups excluding tert-OH is 1. The van der Waals surface area contributed by atoms with Crippen molar-refractivity contribution in [1.82, 2.24) is 9.97 Å². The molecule has 0 spiro atoms. The van der Waals surface area contributed by atoms with Gasteiger partial charge in [-0.25, -0.2) is 9.97 Å². The van der Waals surface area contributed by atoms with Gasteiger partial charge in [-0.2, -0.15) is 13.2 Å². The molecule has 0 saturated carbocycles. The van der Waals surface area contributed by atoms with Crippen molar-refractivity contribution in [1.29, 1.82) is 0 Å². The van der Waals surface area contributed by atoms with E-state index in [0.717, 1.165) is 12.3 Å². The van der Waals surface area contributed by atoms with Crippen LogP contribution in [0.1, 0.15) is 39.0 Å². The van der Waals surface area contributed by atoms with Crippen LogP contribution in [-0.4, -0.2) is 40.0 Å². The molecule has 1 aliphatic heterocycles. The maximum atomic E-state index is 13.1. The van der Waals surface area contributed by atoms with Crippen LogP contribution in [0.2, 0.25) is 0 Å². The monoisotopic (exact) mass is 345 g/mol. The van der Waals surface area contributed by atoms with Gasteiger partial charge in [0.1, 0.15) is 0 Å². The van der Waals surface area contributed by atoms with E-state index in [2.05, 4.69) is 9.97 Å². The second kappa shape index (κ2) is 6.01. The zero-order chi connectivity index (χ0) is 18.3. The average molecular weight is 345 g/mol. The van der Waals surface area contributed by atoms with Gasteiger partial charge in [-0.15, -0.1) is 0 Å². The van der Waals surface area contributed by atoms with Crippen LogP contribution in [0.25, 0.3) is 6.08 Å². The summed E-state index contributed by atoms with van der Waals surface area (Å²) in [6, 6.07) is 0. The lowest BCUT2D eigenvalue weighted by atomic mass is 9.77. The molecule has 0 unspecified atom stereocenters. The van der Waals surface area contributed by atoms with E-state index >= 15 is 0 Å².